The fourth-order valence-electron chi connectivity index (χ4n) is 3.11. The van der Waals surface area contributed by atoms with Crippen LogP contribution in [0.4, 0.5) is 5.00 Å². The van der Waals surface area contributed by atoms with E-state index in [-0.39, 0.29) is 40.3 Å². The van der Waals surface area contributed by atoms with Crippen LogP contribution in [0.25, 0.3) is 0 Å². The number of esters is 1. The van der Waals surface area contributed by atoms with Crippen molar-refractivity contribution in [1.82, 2.24) is 14.8 Å². The van der Waals surface area contributed by atoms with Gasteiger partial charge >= 0.3 is 5.97 Å². The third kappa shape index (κ3) is 6.53. The van der Waals surface area contributed by atoms with E-state index in [1.54, 1.807) is 38.1 Å². The van der Waals surface area contributed by atoms with Crippen LogP contribution in [0.5, 0.6) is 5.75 Å². The van der Waals surface area contributed by atoms with Crippen molar-refractivity contribution in [2.45, 2.75) is 39.1 Å². The molecule has 186 valence electrons. The second kappa shape index (κ2) is 12.0. The zero-order chi connectivity index (χ0) is 25.5. The number of benzene rings is 1. The topological polar surface area (TPSA) is 138 Å². The van der Waals surface area contributed by atoms with Gasteiger partial charge in [0.25, 0.3) is 5.91 Å². The number of hydrogen-bond acceptors (Lipinski definition) is 9. The lowest BCUT2D eigenvalue weighted by molar-refractivity contribution is -0.113. The maximum atomic E-state index is 12.7. The number of nitrogens with one attached hydrogen (secondary N) is 1. The Morgan fingerprint density at radius 1 is 1.20 bits per heavy atom. The molecular formula is C22H24ClN5O5S2. The van der Waals surface area contributed by atoms with Gasteiger partial charge in [-0.15, -0.1) is 21.5 Å². The third-order valence-electron chi connectivity index (χ3n) is 4.73. The van der Waals surface area contributed by atoms with Crippen LogP contribution in [0.3, 0.4) is 0 Å². The number of nitrogens with two attached hydrogens (primary N) is 1. The molecule has 0 saturated heterocycles. The first-order valence-corrected chi connectivity index (χ1v) is 12.8. The second-order valence-corrected chi connectivity index (χ2v) is 9.47. The normalized spacial score (nSPS) is 10.7. The molecule has 0 spiro atoms. The smallest absolute Gasteiger partial charge is 0.341 e. The molecule has 0 bridgehead atoms. The first-order chi connectivity index (χ1) is 16.7. The highest BCUT2D eigenvalue weighted by Gasteiger charge is 2.26. The number of amides is 2. The Hall–Kier alpha value is -3.09. The maximum absolute atomic E-state index is 12.7. The molecule has 0 fully saturated rings. The van der Waals surface area contributed by atoms with E-state index in [9.17, 15) is 14.4 Å². The van der Waals surface area contributed by atoms with Gasteiger partial charge in [0.1, 0.15) is 17.4 Å². The SMILES string of the molecule is CCOC(=O)c1c(NC(=O)CSc2nnc(COc3ccc(Cl)cc3)n2CC)sc(C(N)=O)c1C. The standard InChI is InChI=1S/C22H24ClN5O5S2/c1-4-28-15(10-33-14-8-6-13(23)7-9-14)26-27-22(28)34-11-16(29)25-20-17(21(31)32-5-2)12(3)18(35-20)19(24)30/h6-9H,4-5,10-11H2,1-3H3,(H2,24,30)(H,25,29). The van der Waals surface area contributed by atoms with Crippen LogP contribution in [0.2, 0.25) is 5.02 Å². The highest BCUT2D eigenvalue weighted by molar-refractivity contribution is 7.99. The van der Waals surface area contributed by atoms with Crippen molar-refractivity contribution in [2.24, 2.45) is 5.73 Å². The Kier molecular flexibility index (Phi) is 9.13. The molecule has 2 heterocycles. The summed E-state index contributed by atoms with van der Waals surface area (Å²) in [6, 6.07) is 6.98. The van der Waals surface area contributed by atoms with Gasteiger partial charge in [0.15, 0.2) is 11.0 Å². The summed E-state index contributed by atoms with van der Waals surface area (Å²) in [6.07, 6.45) is 0. The number of ether oxygens (including phenoxy) is 2. The van der Waals surface area contributed by atoms with Gasteiger partial charge in [-0.25, -0.2) is 4.79 Å². The summed E-state index contributed by atoms with van der Waals surface area (Å²) >= 11 is 8.02. The predicted octanol–water partition coefficient (Wildman–Crippen LogP) is 3.91. The van der Waals surface area contributed by atoms with E-state index < -0.39 is 11.9 Å². The molecule has 3 aromatic rings. The van der Waals surface area contributed by atoms with Crippen LogP contribution >= 0.6 is 34.7 Å². The summed E-state index contributed by atoms with van der Waals surface area (Å²) in [4.78, 5) is 37.0. The molecular weight excluding hydrogens is 514 g/mol. The number of carbonyl (C=O) groups is 3. The van der Waals surface area contributed by atoms with Crippen LogP contribution in [0.1, 0.15) is 45.3 Å². The van der Waals surface area contributed by atoms with Gasteiger partial charge < -0.3 is 25.1 Å². The highest BCUT2D eigenvalue weighted by Crippen LogP contribution is 2.34. The molecule has 2 amide bonds. The number of aromatic nitrogens is 3. The van der Waals surface area contributed by atoms with Gasteiger partial charge in [0.05, 0.1) is 22.8 Å². The van der Waals surface area contributed by atoms with Crippen molar-refractivity contribution < 1.29 is 23.9 Å². The molecule has 0 atom stereocenters. The molecule has 0 radical (unpaired) electrons. The van der Waals surface area contributed by atoms with E-state index in [1.807, 2.05) is 11.5 Å². The number of thioether (sulfide) groups is 1. The van der Waals surface area contributed by atoms with E-state index in [1.165, 1.54) is 11.8 Å². The minimum absolute atomic E-state index is 0.00128. The number of carbonyl (C=O) groups excluding carboxylic acids is 3. The number of halogens is 1. The Balaban J connectivity index is 1.67. The first-order valence-electron chi connectivity index (χ1n) is 10.6. The first kappa shape index (κ1) is 26.5. The predicted molar refractivity (Wildman–Crippen MR) is 134 cm³/mol. The van der Waals surface area contributed by atoms with Gasteiger partial charge in [-0.3, -0.25) is 9.59 Å². The molecule has 0 unspecified atom stereocenters. The van der Waals surface area contributed by atoms with E-state index in [0.717, 1.165) is 11.3 Å². The molecule has 3 rings (SSSR count). The average molecular weight is 538 g/mol. The van der Waals surface area contributed by atoms with Crippen molar-refractivity contribution in [3.05, 3.63) is 51.1 Å². The summed E-state index contributed by atoms with van der Waals surface area (Å²) < 4.78 is 12.7. The minimum atomic E-state index is -0.683. The summed E-state index contributed by atoms with van der Waals surface area (Å²) in [5.41, 5.74) is 5.91. The molecule has 0 saturated carbocycles. The van der Waals surface area contributed by atoms with Crippen molar-refractivity contribution >= 4 is 57.5 Å². The number of hydrogen-bond donors (Lipinski definition) is 2. The number of thiophene rings is 1. The number of rotatable bonds is 11. The summed E-state index contributed by atoms with van der Waals surface area (Å²) in [6.45, 7) is 6.12. The Bertz CT molecular complexity index is 1230. The summed E-state index contributed by atoms with van der Waals surface area (Å²) in [5, 5.41) is 12.4. The molecule has 35 heavy (non-hydrogen) atoms. The van der Waals surface area contributed by atoms with E-state index in [4.69, 9.17) is 26.8 Å². The average Bonchev–Trinajstić information content (AvgIpc) is 3.37. The van der Waals surface area contributed by atoms with Crippen LogP contribution in [0, 0.1) is 6.92 Å². The lowest BCUT2D eigenvalue weighted by Gasteiger charge is -2.09. The molecule has 2 aromatic heterocycles. The van der Waals surface area contributed by atoms with Crippen molar-refractivity contribution in [1.29, 1.82) is 0 Å². The van der Waals surface area contributed by atoms with E-state index in [0.29, 0.717) is 33.9 Å². The summed E-state index contributed by atoms with van der Waals surface area (Å²) in [5.74, 6) is -0.448. The van der Waals surface area contributed by atoms with E-state index >= 15 is 0 Å². The third-order valence-corrected chi connectivity index (χ3v) is 7.17. The molecule has 10 nitrogen and oxygen atoms in total. The molecule has 0 aliphatic carbocycles. The minimum Gasteiger partial charge on any atom is -0.486 e. The lowest BCUT2D eigenvalue weighted by atomic mass is 10.1. The van der Waals surface area contributed by atoms with Crippen LogP contribution in [-0.4, -0.2) is 44.9 Å². The number of anilines is 1. The van der Waals surface area contributed by atoms with Crippen molar-refractivity contribution in [3.8, 4) is 5.75 Å². The van der Waals surface area contributed by atoms with Gasteiger partial charge in [0, 0.05) is 11.6 Å². The largest absolute Gasteiger partial charge is 0.486 e. The zero-order valence-corrected chi connectivity index (χ0v) is 21.7. The Labute approximate surface area is 215 Å². The van der Waals surface area contributed by atoms with Crippen LogP contribution in [0.15, 0.2) is 29.4 Å². The molecule has 0 aliphatic rings. The monoisotopic (exact) mass is 537 g/mol. The van der Waals surface area contributed by atoms with Crippen molar-refractivity contribution in [3.63, 3.8) is 0 Å². The zero-order valence-electron chi connectivity index (χ0n) is 19.3. The molecule has 0 aliphatic heterocycles. The number of primary amides is 1. The van der Waals surface area contributed by atoms with Crippen LogP contribution < -0.4 is 15.8 Å². The number of nitrogens with zero attached hydrogens (tertiary/aromatic N) is 3. The lowest BCUT2D eigenvalue weighted by Crippen LogP contribution is -2.17. The maximum Gasteiger partial charge on any atom is 0.341 e. The fraction of sp³-hybridized carbons (Fsp3) is 0.318. The second-order valence-electron chi connectivity index (χ2n) is 7.07. The van der Waals surface area contributed by atoms with E-state index in [2.05, 4.69) is 15.5 Å². The fourth-order valence-corrected chi connectivity index (χ4v) is 5.12. The van der Waals surface area contributed by atoms with Gasteiger partial charge in [-0.2, -0.15) is 0 Å². The Morgan fingerprint density at radius 2 is 1.91 bits per heavy atom. The van der Waals surface area contributed by atoms with Crippen LogP contribution in [-0.2, 0) is 22.7 Å². The molecule has 1 aromatic carbocycles. The highest BCUT2D eigenvalue weighted by atomic mass is 35.5. The van der Waals surface area contributed by atoms with Gasteiger partial charge in [-0.05, 0) is 50.6 Å². The molecule has 3 N–H and O–H groups in total. The Morgan fingerprint density at radius 3 is 2.54 bits per heavy atom. The molecule has 13 heteroatoms. The van der Waals surface area contributed by atoms with Gasteiger partial charge in [0.2, 0.25) is 5.91 Å². The van der Waals surface area contributed by atoms with Gasteiger partial charge in [-0.1, -0.05) is 23.4 Å². The summed E-state index contributed by atoms with van der Waals surface area (Å²) in [7, 11) is 0. The van der Waals surface area contributed by atoms with Crippen molar-refractivity contribution in [2.75, 3.05) is 17.7 Å². The quantitative estimate of drug-likeness (QED) is 0.277.